The number of sulfonamides is 1. The Morgan fingerprint density at radius 3 is 2.60 bits per heavy atom. The molecule has 0 bridgehead atoms. The third-order valence-corrected chi connectivity index (χ3v) is 7.19. The van der Waals surface area contributed by atoms with Gasteiger partial charge < -0.3 is 19.7 Å². The van der Waals surface area contributed by atoms with Crippen LogP contribution in [0.15, 0.2) is 65.8 Å². The topological polar surface area (TPSA) is 123 Å². The Hall–Kier alpha value is -3.86. The van der Waals surface area contributed by atoms with E-state index in [1.165, 1.54) is 12.1 Å². The molecule has 0 radical (unpaired) electrons. The van der Waals surface area contributed by atoms with E-state index >= 15 is 0 Å². The molecule has 10 nitrogen and oxygen atoms in total. The van der Waals surface area contributed by atoms with Crippen LogP contribution in [-0.2, 0) is 10.0 Å². The van der Waals surface area contributed by atoms with E-state index in [0.717, 1.165) is 19.4 Å². The molecule has 0 spiro atoms. The van der Waals surface area contributed by atoms with Gasteiger partial charge in [0.05, 0.1) is 16.1 Å². The fourth-order valence-electron chi connectivity index (χ4n) is 4.16. The number of ether oxygens (including phenoxy) is 2. The number of carbonyl (C=O) groups excluding carboxylic acids is 1. The molecule has 1 unspecified atom stereocenters. The van der Waals surface area contributed by atoms with Gasteiger partial charge in [0.15, 0.2) is 11.5 Å². The van der Waals surface area contributed by atoms with Crippen molar-refractivity contribution in [1.29, 1.82) is 0 Å². The highest BCUT2D eigenvalue weighted by atomic mass is 32.2. The van der Waals surface area contributed by atoms with E-state index in [1.807, 2.05) is 4.90 Å². The second-order valence-electron chi connectivity index (χ2n) is 8.26. The predicted molar refractivity (Wildman–Crippen MR) is 129 cm³/mol. The average Bonchev–Trinajstić information content (AvgIpc) is 2.89. The lowest BCUT2D eigenvalue weighted by molar-refractivity contribution is 0.0934. The van der Waals surface area contributed by atoms with E-state index in [4.69, 9.17) is 9.47 Å². The molecule has 2 aromatic carbocycles. The standard InChI is InChI=1S/C24H25N5O5S/c30-23(27-17-5-3-12-29(16-17)24-25-10-4-11-26-24)19-6-1-2-7-20(19)28-35(31,32)18-8-9-21-22(15-18)34-14-13-33-21/h1-2,4,6-11,15,17,28H,3,5,12-14,16H2,(H,27,30). The van der Waals surface area contributed by atoms with Gasteiger partial charge in [-0.1, -0.05) is 12.1 Å². The Kier molecular flexibility index (Phi) is 6.41. The maximum atomic E-state index is 13.2. The SMILES string of the molecule is O=C(NC1CCCN(c2ncccn2)C1)c1ccccc1NS(=O)(=O)c1ccc2c(c1)OCCO2. The van der Waals surface area contributed by atoms with Crippen molar-refractivity contribution < 1.29 is 22.7 Å². The first-order valence-corrected chi connectivity index (χ1v) is 12.8. The molecule has 2 N–H and O–H groups in total. The molecule has 1 amide bonds. The lowest BCUT2D eigenvalue weighted by Gasteiger charge is -2.33. The number of para-hydroxylation sites is 1. The molecular formula is C24H25N5O5S. The van der Waals surface area contributed by atoms with Gasteiger partial charge in [-0.3, -0.25) is 9.52 Å². The Balaban J connectivity index is 1.31. The van der Waals surface area contributed by atoms with Crippen molar-refractivity contribution >= 4 is 27.6 Å². The summed E-state index contributed by atoms with van der Waals surface area (Å²) in [5.41, 5.74) is 0.431. The minimum Gasteiger partial charge on any atom is -0.486 e. The maximum absolute atomic E-state index is 13.2. The molecule has 0 saturated carbocycles. The second kappa shape index (κ2) is 9.79. The first kappa shape index (κ1) is 22.9. The Morgan fingerprint density at radius 2 is 1.77 bits per heavy atom. The number of piperidine rings is 1. The number of carbonyl (C=O) groups is 1. The summed E-state index contributed by atoms with van der Waals surface area (Å²) in [5.74, 6) is 1.14. The van der Waals surface area contributed by atoms with E-state index in [2.05, 4.69) is 20.0 Å². The number of hydrogen-bond acceptors (Lipinski definition) is 8. The summed E-state index contributed by atoms with van der Waals surface area (Å²) in [6.45, 7) is 2.14. The van der Waals surface area contributed by atoms with Crippen LogP contribution >= 0.6 is 0 Å². The number of rotatable bonds is 6. The van der Waals surface area contributed by atoms with Gasteiger partial charge in [0.1, 0.15) is 13.2 Å². The van der Waals surface area contributed by atoms with Crippen LogP contribution in [0.25, 0.3) is 0 Å². The zero-order chi connectivity index (χ0) is 24.3. The Bertz CT molecular complexity index is 1320. The van der Waals surface area contributed by atoms with Crippen LogP contribution in [0.4, 0.5) is 11.6 Å². The van der Waals surface area contributed by atoms with Crippen LogP contribution in [0.3, 0.4) is 0 Å². The summed E-state index contributed by atoms with van der Waals surface area (Å²) in [4.78, 5) is 23.8. The van der Waals surface area contributed by atoms with Crippen molar-refractivity contribution in [2.24, 2.45) is 0 Å². The smallest absolute Gasteiger partial charge is 0.262 e. The van der Waals surface area contributed by atoms with E-state index < -0.39 is 10.0 Å². The Morgan fingerprint density at radius 1 is 1.00 bits per heavy atom. The third kappa shape index (κ3) is 5.14. The molecular weight excluding hydrogens is 470 g/mol. The van der Waals surface area contributed by atoms with Crippen molar-refractivity contribution in [3.05, 3.63) is 66.5 Å². The monoisotopic (exact) mass is 495 g/mol. The number of aromatic nitrogens is 2. The molecule has 3 heterocycles. The highest BCUT2D eigenvalue weighted by molar-refractivity contribution is 7.92. The van der Waals surface area contributed by atoms with E-state index in [-0.39, 0.29) is 28.1 Å². The molecule has 1 fully saturated rings. The van der Waals surface area contributed by atoms with Gasteiger partial charge in [-0.2, -0.15) is 0 Å². The number of fused-ring (bicyclic) bond motifs is 1. The minimum absolute atomic E-state index is 0.0164. The fraction of sp³-hybridized carbons (Fsp3) is 0.292. The number of amides is 1. The molecule has 35 heavy (non-hydrogen) atoms. The summed E-state index contributed by atoms with van der Waals surface area (Å²) in [6.07, 6.45) is 5.06. The molecule has 182 valence electrons. The van der Waals surface area contributed by atoms with Gasteiger partial charge in [0.25, 0.3) is 15.9 Å². The van der Waals surface area contributed by atoms with Crippen molar-refractivity contribution in [3.63, 3.8) is 0 Å². The number of benzene rings is 2. The number of anilines is 2. The number of hydrogen-bond donors (Lipinski definition) is 2. The predicted octanol–water partition coefficient (Wildman–Crippen LogP) is 2.45. The normalized spacial score (nSPS) is 17.5. The largest absolute Gasteiger partial charge is 0.486 e. The molecule has 5 rings (SSSR count). The van der Waals surface area contributed by atoms with E-state index in [9.17, 15) is 13.2 Å². The molecule has 1 aromatic heterocycles. The highest BCUT2D eigenvalue weighted by Gasteiger charge is 2.26. The lowest BCUT2D eigenvalue weighted by atomic mass is 10.0. The van der Waals surface area contributed by atoms with Crippen molar-refractivity contribution in [1.82, 2.24) is 15.3 Å². The van der Waals surface area contributed by atoms with Crippen LogP contribution in [0, 0.1) is 0 Å². The second-order valence-corrected chi connectivity index (χ2v) is 9.95. The first-order chi connectivity index (χ1) is 17.0. The summed E-state index contributed by atoms with van der Waals surface area (Å²) >= 11 is 0. The molecule has 0 aliphatic carbocycles. The molecule has 2 aliphatic rings. The van der Waals surface area contributed by atoms with Crippen molar-refractivity contribution in [3.8, 4) is 11.5 Å². The van der Waals surface area contributed by atoms with E-state index in [1.54, 1.807) is 48.8 Å². The average molecular weight is 496 g/mol. The molecule has 1 atom stereocenters. The van der Waals surface area contributed by atoms with Crippen molar-refractivity contribution in [2.75, 3.05) is 35.9 Å². The molecule has 3 aromatic rings. The fourth-order valence-corrected chi connectivity index (χ4v) is 5.25. The van der Waals surface area contributed by atoms with Gasteiger partial charge in [-0.25, -0.2) is 18.4 Å². The first-order valence-electron chi connectivity index (χ1n) is 11.3. The van der Waals surface area contributed by atoms with Gasteiger partial charge >= 0.3 is 0 Å². The van der Waals surface area contributed by atoms with Crippen LogP contribution in [0.2, 0.25) is 0 Å². The zero-order valence-corrected chi connectivity index (χ0v) is 19.7. The van der Waals surface area contributed by atoms with Crippen LogP contribution < -0.4 is 24.4 Å². The highest BCUT2D eigenvalue weighted by Crippen LogP contribution is 2.33. The summed E-state index contributed by atoms with van der Waals surface area (Å²) < 4.78 is 39.7. The van der Waals surface area contributed by atoms with Crippen LogP contribution in [0.5, 0.6) is 11.5 Å². The summed E-state index contributed by atoms with van der Waals surface area (Å²) in [6, 6.07) is 12.6. The van der Waals surface area contributed by atoms with Gasteiger partial charge in [0.2, 0.25) is 5.95 Å². The quantitative estimate of drug-likeness (QED) is 0.535. The van der Waals surface area contributed by atoms with Gasteiger partial charge in [-0.05, 0) is 43.2 Å². The van der Waals surface area contributed by atoms with Gasteiger partial charge in [0, 0.05) is 37.6 Å². The number of nitrogens with zero attached hydrogens (tertiary/aromatic N) is 3. The molecule has 11 heteroatoms. The number of nitrogens with one attached hydrogen (secondary N) is 2. The summed E-state index contributed by atoms with van der Waals surface area (Å²) in [7, 11) is -3.97. The van der Waals surface area contributed by atoms with Crippen LogP contribution in [-0.4, -0.2) is 56.6 Å². The third-order valence-electron chi connectivity index (χ3n) is 5.83. The van der Waals surface area contributed by atoms with Crippen LogP contribution in [0.1, 0.15) is 23.2 Å². The molecule has 2 aliphatic heterocycles. The summed E-state index contributed by atoms with van der Waals surface area (Å²) in [5, 5.41) is 3.03. The van der Waals surface area contributed by atoms with Crippen molar-refractivity contribution in [2.45, 2.75) is 23.8 Å². The maximum Gasteiger partial charge on any atom is 0.262 e. The Labute approximate surface area is 203 Å². The van der Waals surface area contributed by atoms with Gasteiger partial charge in [-0.15, -0.1) is 0 Å². The zero-order valence-electron chi connectivity index (χ0n) is 18.9. The molecule has 1 saturated heterocycles. The minimum atomic E-state index is -3.97. The lowest BCUT2D eigenvalue weighted by Crippen LogP contribution is -2.48. The van der Waals surface area contributed by atoms with E-state index in [0.29, 0.717) is 37.2 Å².